The van der Waals surface area contributed by atoms with E-state index in [2.05, 4.69) is 12.2 Å². The van der Waals surface area contributed by atoms with Crippen molar-refractivity contribution in [3.8, 4) is 0 Å². The Balaban J connectivity index is 2.02. The summed E-state index contributed by atoms with van der Waals surface area (Å²) in [5.41, 5.74) is 1.60. The molecule has 0 saturated carbocycles. The van der Waals surface area contributed by atoms with Crippen LogP contribution in [0.15, 0.2) is 24.3 Å². The SMILES string of the molecule is CCCNc1ccc(C(=O)N2CCCS(=O)(=O)CC2)cc1. The Morgan fingerprint density at radius 1 is 1.19 bits per heavy atom. The first kappa shape index (κ1) is 15.8. The minimum absolute atomic E-state index is 0.0644. The highest BCUT2D eigenvalue weighted by atomic mass is 32.2. The predicted octanol–water partition coefficient (Wildman–Crippen LogP) is 1.77. The normalized spacial score (nSPS) is 18.0. The molecule has 0 radical (unpaired) electrons. The van der Waals surface area contributed by atoms with Crippen molar-refractivity contribution in [2.75, 3.05) is 36.5 Å². The molecule has 21 heavy (non-hydrogen) atoms. The Morgan fingerprint density at radius 3 is 2.57 bits per heavy atom. The van der Waals surface area contributed by atoms with Crippen LogP contribution in [-0.4, -0.2) is 50.4 Å². The molecule has 1 aliphatic rings. The summed E-state index contributed by atoms with van der Waals surface area (Å²) in [5, 5.41) is 3.26. The number of nitrogens with zero attached hydrogens (tertiary/aromatic N) is 1. The molecule has 0 aromatic heterocycles. The van der Waals surface area contributed by atoms with E-state index in [-0.39, 0.29) is 24.0 Å². The maximum Gasteiger partial charge on any atom is 0.253 e. The summed E-state index contributed by atoms with van der Waals surface area (Å²) < 4.78 is 23.1. The van der Waals surface area contributed by atoms with Crippen LogP contribution >= 0.6 is 0 Å². The van der Waals surface area contributed by atoms with Gasteiger partial charge >= 0.3 is 0 Å². The molecular weight excluding hydrogens is 288 g/mol. The molecule has 2 rings (SSSR count). The molecule has 1 amide bonds. The molecule has 0 spiro atoms. The van der Waals surface area contributed by atoms with Crippen molar-refractivity contribution in [2.45, 2.75) is 19.8 Å². The van der Waals surface area contributed by atoms with Gasteiger partial charge in [-0.3, -0.25) is 4.79 Å². The number of amides is 1. The van der Waals surface area contributed by atoms with Crippen LogP contribution in [0.5, 0.6) is 0 Å². The zero-order valence-electron chi connectivity index (χ0n) is 12.3. The number of anilines is 1. The van der Waals surface area contributed by atoms with E-state index in [9.17, 15) is 13.2 Å². The summed E-state index contributed by atoms with van der Waals surface area (Å²) in [4.78, 5) is 14.0. The average molecular weight is 310 g/mol. The third-order valence-electron chi connectivity index (χ3n) is 3.55. The molecule has 0 aliphatic carbocycles. The zero-order valence-corrected chi connectivity index (χ0v) is 13.2. The fraction of sp³-hybridized carbons (Fsp3) is 0.533. The summed E-state index contributed by atoms with van der Waals surface area (Å²) in [7, 11) is -2.99. The van der Waals surface area contributed by atoms with Crippen molar-refractivity contribution < 1.29 is 13.2 Å². The van der Waals surface area contributed by atoms with Crippen molar-refractivity contribution in [3.05, 3.63) is 29.8 Å². The second kappa shape index (κ2) is 6.93. The van der Waals surface area contributed by atoms with Gasteiger partial charge in [-0.15, -0.1) is 0 Å². The molecule has 1 heterocycles. The molecule has 5 nitrogen and oxygen atoms in total. The first-order valence-electron chi connectivity index (χ1n) is 7.35. The standard InChI is InChI=1S/C15H22N2O3S/c1-2-8-16-14-6-4-13(5-7-14)15(18)17-9-3-11-21(19,20)12-10-17/h4-7,16H,2-3,8-12H2,1H3. The van der Waals surface area contributed by atoms with Crippen molar-refractivity contribution in [1.82, 2.24) is 4.90 Å². The number of rotatable bonds is 4. The van der Waals surface area contributed by atoms with Gasteiger partial charge in [0.05, 0.1) is 11.5 Å². The molecule has 1 saturated heterocycles. The number of nitrogens with one attached hydrogen (secondary N) is 1. The van der Waals surface area contributed by atoms with Gasteiger partial charge in [-0.05, 0) is 37.1 Å². The molecular formula is C15H22N2O3S. The number of benzene rings is 1. The predicted molar refractivity (Wildman–Crippen MR) is 84.4 cm³/mol. The van der Waals surface area contributed by atoms with E-state index in [1.165, 1.54) is 0 Å². The van der Waals surface area contributed by atoms with Gasteiger partial charge in [0, 0.05) is 30.9 Å². The maximum absolute atomic E-state index is 12.4. The fourth-order valence-corrected chi connectivity index (χ4v) is 3.60. The Hall–Kier alpha value is -1.56. The number of hydrogen-bond donors (Lipinski definition) is 1. The summed E-state index contributed by atoms with van der Waals surface area (Å²) in [5.74, 6) is 0.153. The molecule has 1 fully saturated rings. The van der Waals surface area contributed by atoms with Gasteiger partial charge in [-0.25, -0.2) is 8.42 Å². The van der Waals surface area contributed by atoms with Crippen LogP contribution in [0.4, 0.5) is 5.69 Å². The highest BCUT2D eigenvalue weighted by Gasteiger charge is 2.23. The summed E-state index contributed by atoms with van der Waals surface area (Å²) in [6.45, 7) is 3.79. The van der Waals surface area contributed by atoms with E-state index in [1.807, 2.05) is 12.1 Å². The quantitative estimate of drug-likeness (QED) is 0.920. The third-order valence-corrected chi connectivity index (χ3v) is 5.27. The topological polar surface area (TPSA) is 66.5 Å². The number of hydrogen-bond acceptors (Lipinski definition) is 4. The lowest BCUT2D eigenvalue weighted by atomic mass is 10.1. The van der Waals surface area contributed by atoms with Crippen LogP contribution in [0, 0.1) is 0 Å². The lowest BCUT2D eigenvalue weighted by molar-refractivity contribution is 0.0768. The van der Waals surface area contributed by atoms with Crippen molar-refractivity contribution >= 4 is 21.4 Å². The van der Waals surface area contributed by atoms with Gasteiger partial charge in [0.25, 0.3) is 5.91 Å². The largest absolute Gasteiger partial charge is 0.385 e. The molecule has 1 aliphatic heterocycles. The molecule has 1 N–H and O–H groups in total. The number of carbonyl (C=O) groups excluding carboxylic acids is 1. The minimum Gasteiger partial charge on any atom is -0.385 e. The summed E-state index contributed by atoms with van der Waals surface area (Å²) in [6.07, 6.45) is 1.56. The summed E-state index contributed by atoms with van der Waals surface area (Å²) >= 11 is 0. The molecule has 6 heteroatoms. The molecule has 116 valence electrons. The fourth-order valence-electron chi connectivity index (χ4n) is 2.32. The monoisotopic (exact) mass is 310 g/mol. The first-order valence-corrected chi connectivity index (χ1v) is 9.17. The van der Waals surface area contributed by atoms with Crippen LogP contribution in [0.25, 0.3) is 0 Å². The van der Waals surface area contributed by atoms with E-state index in [4.69, 9.17) is 0 Å². The second-order valence-corrected chi connectivity index (χ2v) is 7.61. The smallest absolute Gasteiger partial charge is 0.253 e. The van der Waals surface area contributed by atoms with Crippen molar-refractivity contribution in [2.24, 2.45) is 0 Å². The average Bonchev–Trinajstić information content (AvgIpc) is 2.66. The van der Waals surface area contributed by atoms with Gasteiger partial charge in [0.15, 0.2) is 9.84 Å². The van der Waals surface area contributed by atoms with E-state index in [0.29, 0.717) is 18.5 Å². The maximum atomic E-state index is 12.4. The van der Waals surface area contributed by atoms with Crippen LogP contribution in [-0.2, 0) is 9.84 Å². The van der Waals surface area contributed by atoms with Crippen LogP contribution in [0.2, 0.25) is 0 Å². The van der Waals surface area contributed by atoms with E-state index in [1.54, 1.807) is 17.0 Å². The van der Waals surface area contributed by atoms with Gasteiger partial charge in [-0.1, -0.05) is 6.92 Å². The Morgan fingerprint density at radius 2 is 1.90 bits per heavy atom. The molecule has 1 aromatic carbocycles. The lowest BCUT2D eigenvalue weighted by Gasteiger charge is -2.19. The zero-order chi connectivity index (χ0) is 15.3. The van der Waals surface area contributed by atoms with Crippen LogP contribution in [0.3, 0.4) is 0 Å². The van der Waals surface area contributed by atoms with E-state index < -0.39 is 9.84 Å². The number of carbonyl (C=O) groups is 1. The molecule has 1 aromatic rings. The van der Waals surface area contributed by atoms with Crippen LogP contribution < -0.4 is 5.32 Å². The number of sulfone groups is 1. The van der Waals surface area contributed by atoms with Crippen molar-refractivity contribution in [1.29, 1.82) is 0 Å². The van der Waals surface area contributed by atoms with Gasteiger partial charge in [0.1, 0.15) is 0 Å². The van der Waals surface area contributed by atoms with Crippen LogP contribution in [0.1, 0.15) is 30.1 Å². The third kappa shape index (κ3) is 4.46. The molecule has 0 unspecified atom stereocenters. The molecule has 0 bridgehead atoms. The Bertz CT molecular complexity index is 581. The first-order chi connectivity index (χ1) is 10.0. The van der Waals surface area contributed by atoms with Gasteiger partial charge in [-0.2, -0.15) is 0 Å². The van der Waals surface area contributed by atoms with E-state index in [0.717, 1.165) is 18.7 Å². The second-order valence-electron chi connectivity index (χ2n) is 5.30. The summed E-state index contributed by atoms with van der Waals surface area (Å²) in [6, 6.07) is 7.36. The van der Waals surface area contributed by atoms with E-state index >= 15 is 0 Å². The Kier molecular flexibility index (Phi) is 5.22. The van der Waals surface area contributed by atoms with Crippen molar-refractivity contribution in [3.63, 3.8) is 0 Å². The van der Waals surface area contributed by atoms with Gasteiger partial charge in [0.2, 0.25) is 0 Å². The lowest BCUT2D eigenvalue weighted by Crippen LogP contribution is -2.33. The molecule has 0 atom stereocenters. The van der Waals surface area contributed by atoms with Gasteiger partial charge < -0.3 is 10.2 Å². The Labute approximate surface area is 126 Å². The minimum atomic E-state index is -2.99. The highest BCUT2D eigenvalue weighted by molar-refractivity contribution is 7.91. The highest BCUT2D eigenvalue weighted by Crippen LogP contribution is 2.14.